The van der Waals surface area contributed by atoms with Crippen LogP contribution in [-0.2, 0) is 4.79 Å². The molecule has 60 valence electrons. The second-order valence-electron chi connectivity index (χ2n) is 3.08. The molecule has 1 saturated heterocycles. The lowest BCUT2D eigenvalue weighted by Crippen LogP contribution is -2.32. The first-order valence-corrected chi connectivity index (χ1v) is 3.90. The number of carbonyl (C=O) groups is 1. The van der Waals surface area contributed by atoms with Crippen molar-refractivity contribution in [3.63, 3.8) is 0 Å². The zero-order valence-electron chi connectivity index (χ0n) is 6.49. The van der Waals surface area contributed by atoms with Crippen molar-refractivity contribution >= 4 is 14.0 Å². The molecule has 4 heteroatoms. The highest BCUT2D eigenvalue weighted by Gasteiger charge is 2.18. The SMILES string of the molecule is [B]N1CCC(CC(=O)O)CC1. The lowest BCUT2D eigenvalue weighted by molar-refractivity contribution is -0.138. The van der Waals surface area contributed by atoms with Gasteiger partial charge in [-0.1, -0.05) is 0 Å². The summed E-state index contributed by atoms with van der Waals surface area (Å²) in [5.41, 5.74) is 0. The lowest BCUT2D eigenvalue weighted by Gasteiger charge is -2.28. The Kier molecular flexibility index (Phi) is 2.94. The molecule has 2 radical (unpaired) electrons. The standard InChI is InChI=1S/C7H12BNO2/c8-9-3-1-6(2-4-9)5-7(10)11/h6H,1-5H2,(H,10,11). The van der Waals surface area contributed by atoms with Crippen molar-refractivity contribution in [2.75, 3.05) is 13.1 Å². The zero-order valence-corrected chi connectivity index (χ0v) is 6.49. The van der Waals surface area contributed by atoms with Crippen molar-refractivity contribution in [1.29, 1.82) is 0 Å². The molecule has 0 amide bonds. The van der Waals surface area contributed by atoms with Gasteiger partial charge >= 0.3 is 5.97 Å². The average Bonchev–Trinajstić information content (AvgIpc) is 1.93. The predicted molar refractivity (Wildman–Crippen MR) is 42.3 cm³/mol. The largest absolute Gasteiger partial charge is 0.481 e. The molecule has 0 bridgehead atoms. The van der Waals surface area contributed by atoms with Crippen LogP contribution in [0.15, 0.2) is 0 Å². The van der Waals surface area contributed by atoms with Crippen LogP contribution in [0.25, 0.3) is 0 Å². The topological polar surface area (TPSA) is 40.5 Å². The summed E-state index contributed by atoms with van der Waals surface area (Å²) in [6.07, 6.45) is 2.14. The van der Waals surface area contributed by atoms with E-state index in [4.69, 9.17) is 13.1 Å². The second-order valence-corrected chi connectivity index (χ2v) is 3.08. The molecule has 0 aromatic rings. The van der Waals surface area contributed by atoms with Crippen LogP contribution in [0.2, 0.25) is 0 Å². The van der Waals surface area contributed by atoms with Gasteiger partial charge in [0, 0.05) is 6.42 Å². The Morgan fingerprint density at radius 2 is 2.09 bits per heavy atom. The Bertz CT molecular complexity index is 143. The Morgan fingerprint density at radius 3 is 2.55 bits per heavy atom. The highest BCUT2D eigenvalue weighted by Crippen LogP contribution is 2.18. The van der Waals surface area contributed by atoms with E-state index in [9.17, 15) is 4.79 Å². The first-order chi connectivity index (χ1) is 5.18. The molecule has 1 rings (SSSR count). The maximum atomic E-state index is 10.3. The van der Waals surface area contributed by atoms with Crippen LogP contribution in [0.5, 0.6) is 0 Å². The molecule has 1 heterocycles. The molecule has 11 heavy (non-hydrogen) atoms. The third-order valence-corrected chi connectivity index (χ3v) is 2.11. The molecule has 0 unspecified atom stereocenters. The number of aliphatic carboxylic acids is 1. The first-order valence-electron chi connectivity index (χ1n) is 3.90. The molecule has 0 spiro atoms. The van der Waals surface area contributed by atoms with Crippen molar-refractivity contribution in [1.82, 2.24) is 4.81 Å². The molecule has 3 nitrogen and oxygen atoms in total. The van der Waals surface area contributed by atoms with Gasteiger partial charge in [0.25, 0.3) is 0 Å². The highest BCUT2D eigenvalue weighted by atomic mass is 16.4. The Morgan fingerprint density at radius 1 is 1.55 bits per heavy atom. The van der Waals surface area contributed by atoms with Gasteiger partial charge in [-0.2, -0.15) is 0 Å². The molecule has 0 aliphatic carbocycles. The molecule has 1 fully saturated rings. The number of hydrogen-bond acceptors (Lipinski definition) is 2. The van der Waals surface area contributed by atoms with E-state index >= 15 is 0 Å². The summed E-state index contributed by atoms with van der Waals surface area (Å²) in [7, 11) is 5.51. The van der Waals surface area contributed by atoms with Gasteiger partial charge in [-0.05, 0) is 31.8 Å². The van der Waals surface area contributed by atoms with Crippen molar-refractivity contribution in [3.05, 3.63) is 0 Å². The van der Waals surface area contributed by atoms with Crippen LogP contribution in [-0.4, -0.2) is 37.0 Å². The monoisotopic (exact) mass is 153 g/mol. The van der Waals surface area contributed by atoms with Crippen LogP contribution in [0.1, 0.15) is 19.3 Å². The van der Waals surface area contributed by atoms with E-state index in [0.717, 1.165) is 25.9 Å². The van der Waals surface area contributed by atoms with Gasteiger partial charge < -0.3 is 9.92 Å². The van der Waals surface area contributed by atoms with E-state index in [0.29, 0.717) is 12.3 Å². The van der Waals surface area contributed by atoms with Gasteiger partial charge in [0.2, 0.25) is 0 Å². The summed E-state index contributed by atoms with van der Waals surface area (Å²) >= 11 is 0. The summed E-state index contributed by atoms with van der Waals surface area (Å²) in [5.74, 6) is -0.354. The van der Waals surface area contributed by atoms with Gasteiger partial charge in [0.1, 0.15) is 0 Å². The van der Waals surface area contributed by atoms with E-state index in [1.807, 2.05) is 0 Å². The quantitative estimate of drug-likeness (QED) is 0.578. The first kappa shape index (κ1) is 8.59. The Balaban J connectivity index is 2.22. The fourth-order valence-corrected chi connectivity index (χ4v) is 1.40. The van der Waals surface area contributed by atoms with Crippen LogP contribution in [0.4, 0.5) is 0 Å². The fourth-order valence-electron chi connectivity index (χ4n) is 1.40. The molecule has 0 aromatic carbocycles. The van der Waals surface area contributed by atoms with Crippen molar-refractivity contribution in [2.45, 2.75) is 19.3 Å². The summed E-state index contributed by atoms with van der Waals surface area (Å²) in [5, 5.41) is 8.49. The number of carboxylic acid groups (broad SMARTS) is 1. The van der Waals surface area contributed by atoms with Gasteiger partial charge in [-0.15, -0.1) is 0 Å². The van der Waals surface area contributed by atoms with E-state index < -0.39 is 5.97 Å². The maximum absolute atomic E-state index is 10.3. The molecule has 1 aliphatic rings. The second kappa shape index (κ2) is 3.76. The van der Waals surface area contributed by atoms with Gasteiger partial charge in [-0.3, -0.25) is 4.79 Å². The number of rotatable bonds is 2. The molecular formula is C7H12BNO2. The summed E-state index contributed by atoms with van der Waals surface area (Å²) < 4.78 is 0. The van der Waals surface area contributed by atoms with Gasteiger partial charge in [0.15, 0.2) is 7.98 Å². The lowest BCUT2D eigenvalue weighted by atomic mass is 9.92. The zero-order chi connectivity index (χ0) is 8.27. The Labute approximate surface area is 67.8 Å². The molecule has 1 N–H and O–H groups in total. The third kappa shape index (κ3) is 2.93. The number of piperidine rings is 1. The van der Waals surface area contributed by atoms with Crippen molar-refractivity contribution in [3.8, 4) is 0 Å². The molecule has 0 aromatic heterocycles. The van der Waals surface area contributed by atoms with E-state index in [2.05, 4.69) is 0 Å². The van der Waals surface area contributed by atoms with E-state index in [-0.39, 0.29) is 0 Å². The highest BCUT2D eigenvalue weighted by molar-refractivity contribution is 6.04. The van der Waals surface area contributed by atoms with Crippen LogP contribution >= 0.6 is 0 Å². The molecular weight excluding hydrogens is 141 g/mol. The number of carboxylic acids is 1. The molecule has 1 aliphatic heterocycles. The third-order valence-electron chi connectivity index (χ3n) is 2.11. The van der Waals surface area contributed by atoms with Gasteiger partial charge in [0.05, 0.1) is 0 Å². The Hall–Kier alpha value is -0.505. The maximum Gasteiger partial charge on any atom is 0.303 e. The van der Waals surface area contributed by atoms with Crippen LogP contribution in [0, 0.1) is 5.92 Å². The number of nitrogens with zero attached hydrogens (tertiary/aromatic N) is 1. The minimum Gasteiger partial charge on any atom is -0.481 e. The van der Waals surface area contributed by atoms with Crippen molar-refractivity contribution in [2.24, 2.45) is 5.92 Å². The smallest absolute Gasteiger partial charge is 0.303 e. The van der Waals surface area contributed by atoms with Gasteiger partial charge in [-0.25, -0.2) is 0 Å². The minimum absolute atomic E-state index is 0.299. The normalized spacial score (nSPS) is 21.8. The average molecular weight is 153 g/mol. The fraction of sp³-hybridized carbons (Fsp3) is 0.857. The van der Waals surface area contributed by atoms with E-state index in [1.54, 1.807) is 4.81 Å². The summed E-state index contributed by atoms with van der Waals surface area (Å²) in [6, 6.07) is 0. The number of hydrogen-bond donors (Lipinski definition) is 1. The van der Waals surface area contributed by atoms with Crippen LogP contribution in [0.3, 0.4) is 0 Å². The van der Waals surface area contributed by atoms with Crippen molar-refractivity contribution < 1.29 is 9.90 Å². The summed E-state index contributed by atoms with van der Waals surface area (Å²) in [4.78, 5) is 12.1. The molecule has 0 atom stereocenters. The minimum atomic E-state index is -0.694. The van der Waals surface area contributed by atoms with E-state index in [1.165, 1.54) is 0 Å². The van der Waals surface area contributed by atoms with Crippen LogP contribution < -0.4 is 0 Å². The predicted octanol–water partition coefficient (Wildman–Crippen LogP) is 0.257. The molecule has 0 saturated carbocycles. The summed E-state index contributed by atoms with van der Waals surface area (Å²) in [6.45, 7) is 1.66.